The number of methoxy groups -OCH3 is 1. The minimum atomic E-state index is -0.401. The van der Waals surface area contributed by atoms with Crippen molar-refractivity contribution in [1.29, 1.82) is 0 Å². The molecular formula is C16H19NO3S. The molecule has 0 aliphatic heterocycles. The number of anilines is 1. The SMILES string of the molecule is COc1ccc(C)cc1-c1csc(N)c1C(=O)OC(C)C. The molecule has 0 unspecified atom stereocenters. The number of nitrogens with two attached hydrogens (primary N) is 1. The van der Waals surface area contributed by atoms with Gasteiger partial charge in [-0.1, -0.05) is 11.6 Å². The first kappa shape index (κ1) is 15.4. The number of ether oxygens (including phenoxy) is 2. The number of aryl methyl sites for hydroxylation is 1. The number of thiophene rings is 1. The molecule has 1 aromatic heterocycles. The third kappa shape index (κ3) is 3.19. The van der Waals surface area contributed by atoms with Crippen LogP contribution < -0.4 is 10.5 Å². The van der Waals surface area contributed by atoms with E-state index < -0.39 is 5.97 Å². The van der Waals surface area contributed by atoms with Gasteiger partial charge in [0.15, 0.2) is 0 Å². The van der Waals surface area contributed by atoms with Gasteiger partial charge in [-0.05, 0) is 32.9 Å². The van der Waals surface area contributed by atoms with E-state index >= 15 is 0 Å². The molecule has 2 aromatic rings. The van der Waals surface area contributed by atoms with E-state index in [4.69, 9.17) is 15.2 Å². The number of hydrogen-bond acceptors (Lipinski definition) is 5. The van der Waals surface area contributed by atoms with E-state index in [1.165, 1.54) is 11.3 Å². The van der Waals surface area contributed by atoms with Gasteiger partial charge in [0.25, 0.3) is 0 Å². The van der Waals surface area contributed by atoms with Crippen molar-refractivity contribution in [2.24, 2.45) is 0 Å². The van der Waals surface area contributed by atoms with Crippen LogP contribution in [-0.2, 0) is 4.74 Å². The Kier molecular flexibility index (Phi) is 4.53. The Balaban J connectivity index is 2.56. The third-order valence-electron chi connectivity index (χ3n) is 3.01. The number of hydrogen-bond donors (Lipinski definition) is 1. The number of esters is 1. The third-order valence-corrected chi connectivity index (χ3v) is 3.82. The lowest BCUT2D eigenvalue weighted by molar-refractivity contribution is 0.0380. The van der Waals surface area contributed by atoms with Crippen molar-refractivity contribution in [3.63, 3.8) is 0 Å². The summed E-state index contributed by atoms with van der Waals surface area (Å²) in [7, 11) is 1.61. The van der Waals surface area contributed by atoms with Crippen molar-refractivity contribution in [2.75, 3.05) is 12.8 Å². The highest BCUT2D eigenvalue weighted by atomic mass is 32.1. The summed E-state index contributed by atoms with van der Waals surface area (Å²) in [6.45, 7) is 5.62. The molecule has 0 fully saturated rings. The molecule has 2 rings (SSSR count). The first-order chi connectivity index (χ1) is 9.93. The molecule has 1 aromatic carbocycles. The summed E-state index contributed by atoms with van der Waals surface area (Å²) >= 11 is 1.33. The van der Waals surface area contributed by atoms with Crippen LogP contribution in [-0.4, -0.2) is 19.2 Å². The number of rotatable bonds is 4. The highest BCUT2D eigenvalue weighted by Gasteiger charge is 2.22. The van der Waals surface area contributed by atoms with Crippen LogP contribution in [0.15, 0.2) is 23.6 Å². The van der Waals surface area contributed by atoms with Crippen molar-refractivity contribution in [3.8, 4) is 16.9 Å². The second-order valence-corrected chi connectivity index (χ2v) is 5.96. The molecule has 0 saturated heterocycles. The molecule has 1 heterocycles. The van der Waals surface area contributed by atoms with Crippen LogP contribution >= 0.6 is 11.3 Å². The van der Waals surface area contributed by atoms with E-state index in [2.05, 4.69) is 0 Å². The predicted octanol–water partition coefficient (Wildman–Crippen LogP) is 3.88. The number of carbonyl (C=O) groups excluding carboxylic acids is 1. The van der Waals surface area contributed by atoms with E-state index in [9.17, 15) is 4.79 Å². The Morgan fingerprint density at radius 3 is 2.62 bits per heavy atom. The number of benzene rings is 1. The van der Waals surface area contributed by atoms with Crippen LogP contribution in [0.4, 0.5) is 5.00 Å². The fraction of sp³-hybridized carbons (Fsp3) is 0.312. The maximum Gasteiger partial charge on any atom is 0.342 e. The summed E-state index contributed by atoms with van der Waals surface area (Å²) in [5.41, 5.74) is 9.06. The van der Waals surface area contributed by atoms with E-state index in [-0.39, 0.29) is 6.10 Å². The van der Waals surface area contributed by atoms with Gasteiger partial charge in [-0.25, -0.2) is 4.79 Å². The zero-order valence-corrected chi connectivity index (χ0v) is 13.4. The Hall–Kier alpha value is -2.01. The van der Waals surface area contributed by atoms with Crippen molar-refractivity contribution in [1.82, 2.24) is 0 Å². The molecule has 0 amide bonds. The molecule has 0 aliphatic carbocycles. The summed E-state index contributed by atoms with van der Waals surface area (Å²) in [6, 6.07) is 5.83. The normalized spacial score (nSPS) is 10.7. The van der Waals surface area contributed by atoms with Crippen molar-refractivity contribution in [2.45, 2.75) is 26.9 Å². The highest BCUT2D eigenvalue weighted by Crippen LogP contribution is 2.39. The van der Waals surface area contributed by atoms with Gasteiger partial charge in [-0.15, -0.1) is 11.3 Å². The summed E-state index contributed by atoms with van der Waals surface area (Å²) in [5.74, 6) is 0.305. The molecule has 0 atom stereocenters. The second-order valence-electron chi connectivity index (χ2n) is 5.05. The van der Waals surface area contributed by atoms with Gasteiger partial charge in [0.1, 0.15) is 16.3 Å². The molecule has 112 valence electrons. The lowest BCUT2D eigenvalue weighted by atomic mass is 10.0. The van der Waals surface area contributed by atoms with Gasteiger partial charge in [0, 0.05) is 16.5 Å². The van der Waals surface area contributed by atoms with Crippen LogP contribution in [0, 0.1) is 6.92 Å². The van der Waals surface area contributed by atoms with Gasteiger partial charge >= 0.3 is 5.97 Å². The Morgan fingerprint density at radius 2 is 2.00 bits per heavy atom. The largest absolute Gasteiger partial charge is 0.496 e. The molecular weight excluding hydrogens is 286 g/mol. The molecule has 4 nitrogen and oxygen atoms in total. The van der Waals surface area contributed by atoms with Gasteiger partial charge in [0.05, 0.1) is 13.2 Å². The Labute approximate surface area is 128 Å². The average Bonchev–Trinajstić information content (AvgIpc) is 2.79. The van der Waals surface area contributed by atoms with Crippen LogP contribution in [0.5, 0.6) is 5.75 Å². The molecule has 0 aliphatic rings. The number of nitrogen functional groups attached to an aromatic ring is 1. The summed E-state index contributed by atoms with van der Waals surface area (Å²) in [5, 5.41) is 2.32. The van der Waals surface area contributed by atoms with Gasteiger partial charge in [-0.3, -0.25) is 0 Å². The molecule has 0 radical (unpaired) electrons. The average molecular weight is 305 g/mol. The topological polar surface area (TPSA) is 61.5 Å². The first-order valence-corrected chi connectivity index (χ1v) is 7.55. The smallest absolute Gasteiger partial charge is 0.342 e. The second kappa shape index (κ2) is 6.18. The minimum Gasteiger partial charge on any atom is -0.496 e. The molecule has 0 spiro atoms. The fourth-order valence-electron chi connectivity index (χ4n) is 2.09. The summed E-state index contributed by atoms with van der Waals surface area (Å²) < 4.78 is 10.7. The van der Waals surface area contributed by atoms with Crippen LogP contribution in [0.25, 0.3) is 11.1 Å². The summed E-state index contributed by atoms with van der Waals surface area (Å²) in [4.78, 5) is 12.3. The monoisotopic (exact) mass is 305 g/mol. The van der Waals surface area contributed by atoms with E-state index in [0.717, 1.165) is 16.7 Å². The van der Waals surface area contributed by atoms with Crippen LogP contribution in [0.3, 0.4) is 0 Å². The number of carbonyl (C=O) groups is 1. The standard InChI is InChI=1S/C16H19NO3S/c1-9(2)20-16(18)14-12(8-21-15(14)17)11-7-10(3)5-6-13(11)19-4/h5-9H,17H2,1-4H3. The van der Waals surface area contributed by atoms with Gasteiger partial charge < -0.3 is 15.2 Å². The molecule has 5 heteroatoms. The molecule has 21 heavy (non-hydrogen) atoms. The Morgan fingerprint density at radius 1 is 1.29 bits per heavy atom. The quantitative estimate of drug-likeness (QED) is 0.871. The van der Waals surface area contributed by atoms with E-state index in [1.807, 2.05) is 44.4 Å². The maximum atomic E-state index is 12.3. The summed E-state index contributed by atoms with van der Waals surface area (Å²) in [6.07, 6.45) is -0.191. The van der Waals surface area contributed by atoms with Crippen molar-refractivity contribution >= 4 is 22.3 Å². The van der Waals surface area contributed by atoms with Gasteiger partial charge in [-0.2, -0.15) is 0 Å². The zero-order chi connectivity index (χ0) is 15.6. The fourth-order valence-corrected chi connectivity index (χ4v) is 2.89. The lowest BCUT2D eigenvalue weighted by Crippen LogP contribution is -2.13. The zero-order valence-electron chi connectivity index (χ0n) is 12.6. The highest BCUT2D eigenvalue weighted by molar-refractivity contribution is 7.15. The molecule has 2 N–H and O–H groups in total. The molecule has 0 bridgehead atoms. The minimum absolute atomic E-state index is 0.191. The Bertz CT molecular complexity index is 662. The van der Waals surface area contributed by atoms with Crippen molar-refractivity contribution in [3.05, 3.63) is 34.7 Å². The van der Waals surface area contributed by atoms with Crippen LogP contribution in [0.2, 0.25) is 0 Å². The maximum absolute atomic E-state index is 12.3. The van der Waals surface area contributed by atoms with Crippen molar-refractivity contribution < 1.29 is 14.3 Å². The molecule has 0 saturated carbocycles. The van der Waals surface area contributed by atoms with Crippen LogP contribution in [0.1, 0.15) is 29.8 Å². The predicted molar refractivity (Wildman–Crippen MR) is 86.0 cm³/mol. The van der Waals surface area contributed by atoms with Gasteiger partial charge in [0.2, 0.25) is 0 Å². The first-order valence-electron chi connectivity index (χ1n) is 6.67. The van der Waals surface area contributed by atoms with E-state index in [0.29, 0.717) is 16.3 Å². The van der Waals surface area contributed by atoms with E-state index in [1.54, 1.807) is 7.11 Å². The lowest BCUT2D eigenvalue weighted by Gasteiger charge is -2.12.